The number of nitrogens with zero attached hydrogens (tertiary/aromatic N) is 1. The number of barbiturate groups is 1. The van der Waals surface area contributed by atoms with Crippen molar-refractivity contribution in [2.45, 2.75) is 6.92 Å². The molecular formula is C21H16ClIN2O4. The molecule has 0 atom stereocenters. The Labute approximate surface area is 186 Å². The third-order valence-electron chi connectivity index (χ3n) is 4.14. The zero-order chi connectivity index (χ0) is 21.1. The van der Waals surface area contributed by atoms with E-state index in [2.05, 4.69) is 34.5 Å². The van der Waals surface area contributed by atoms with Gasteiger partial charge in [0, 0.05) is 5.02 Å². The summed E-state index contributed by atoms with van der Waals surface area (Å²) < 4.78 is 6.33. The fourth-order valence-corrected chi connectivity index (χ4v) is 3.52. The summed E-state index contributed by atoms with van der Waals surface area (Å²) in [6.45, 7) is 5.78. The maximum Gasteiger partial charge on any atom is 0.335 e. The molecule has 0 aromatic heterocycles. The van der Waals surface area contributed by atoms with Crippen LogP contribution in [0.3, 0.4) is 0 Å². The van der Waals surface area contributed by atoms with Crippen LogP contribution in [-0.4, -0.2) is 24.5 Å². The molecule has 1 aliphatic heterocycles. The zero-order valence-corrected chi connectivity index (χ0v) is 18.3. The molecule has 1 aliphatic rings. The molecule has 8 heteroatoms. The zero-order valence-electron chi connectivity index (χ0n) is 15.4. The van der Waals surface area contributed by atoms with E-state index in [0.29, 0.717) is 22.9 Å². The normalized spacial score (nSPS) is 15.5. The number of hydrogen-bond acceptors (Lipinski definition) is 4. The molecule has 0 spiro atoms. The van der Waals surface area contributed by atoms with Crippen LogP contribution in [0.15, 0.2) is 54.6 Å². The first-order valence-electron chi connectivity index (χ1n) is 8.52. The van der Waals surface area contributed by atoms with Crippen LogP contribution >= 0.6 is 34.2 Å². The summed E-state index contributed by atoms with van der Waals surface area (Å²) in [4.78, 5) is 38.4. The highest BCUT2D eigenvalue weighted by atomic mass is 127. The van der Waals surface area contributed by atoms with Gasteiger partial charge in [-0.2, -0.15) is 0 Å². The van der Waals surface area contributed by atoms with E-state index < -0.39 is 17.8 Å². The Hall–Kier alpha value is -2.65. The van der Waals surface area contributed by atoms with Crippen molar-refractivity contribution in [1.29, 1.82) is 0 Å². The molecule has 2 aromatic rings. The second kappa shape index (κ2) is 8.79. The van der Waals surface area contributed by atoms with Crippen LogP contribution in [0.4, 0.5) is 10.5 Å². The average Bonchev–Trinajstić information content (AvgIpc) is 2.67. The number of anilines is 1. The molecule has 0 unspecified atom stereocenters. The lowest BCUT2D eigenvalue weighted by molar-refractivity contribution is -0.122. The first-order chi connectivity index (χ1) is 13.8. The number of aryl methyl sites for hydroxylation is 1. The Morgan fingerprint density at radius 2 is 1.97 bits per heavy atom. The van der Waals surface area contributed by atoms with Crippen LogP contribution in [-0.2, 0) is 9.59 Å². The number of ether oxygens (including phenoxy) is 1. The van der Waals surface area contributed by atoms with Gasteiger partial charge in [-0.3, -0.25) is 14.9 Å². The topological polar surface area (TPSA) is 75.7 Å². The molecule has 1 heterocycles. The van der Waals surface area contributed by atoms with Gasteiger partial charge in [-0.15, -0.1) is 0 Å². The fraction of sp³-hybridized carbons (Fsp3) is 0.0952. The number of amides is 4. The lowest BCUT2D eigenvalue weighted by Gasteiger charge is -2.26. The van der Waals surface area contributed by atoms with Crippen molar-refractivity contribution in [3.05, 3.63) is 74.3 Å². The smallest absolute Gasteiger partial charge is 0.335 e. The molecule has 0 radical (unpaired) electrons. The minimum Gasteiger partial charge on any atom is -0.488 e. The Kier molecular flexibility index (Phi) is 6.39. The second-order valence-corrected chi connectivity index (χ2v) is 7.75. The standard InChI is InChI=1S/C21H16ClIN2O4/c1-3-8-29-18-7-5-13(10-17(18)23)9-15-19(26)24-21(28)25(20(15)27)14-6-4-12(2)16(22)11-14/h3-7,9-11H,1,8H2,2H3,(H,24,26,28)/b15-9-. The van der Waals surface area contributed by atoms with E-state index in [1.54, 1.807) is 36.4 Å². The van der Waals surface area contributed by atoms with Gasteiger partial charge in [0.15, 0.2) is 0 Å². The maximum atomic E-state index is 12.9. The molecule has 1 fully saturated rings. The van der Waals surface area contributed by atoms with Crippen LogP contribution in [0.25, 0.3) is 6.08 Å². The van der Waals surface area contributed by atoms with Crippen molar-refractivity contribution in [2.75, 3.05) is 11.5 Å². The Balaban J connectivity index is 1.96. The van der Waals surface area contributed by atoms with Gasteiger partial charge in [0.2, 0.25) is 0 Å². The van der Waals surface area contributed by atoms with Crippen LogP contribution < -0.4 is 15.0 Å². The van der Waals surface area contributed by atoms with E-state index in [4.69, 9.17) is 16.3 Å². The van der Waals surface area contributed by atoms with Gasteiger partial charge in [-0.1, -0.05) is 36.4 Å². The molecule has 4 amide bonds. The summed E-state index contributed by atoms with van der Waals surface area (Å²) in [6.07, 6.45) is 3.08. The molecule has 0 saturated carbocycles. The van der Waals surface area contributed by atoms with Crippen molar-refractivity contribution in [2.24, 2.45) is 0 Å². The predicted molar refractivity (Wildman–Crippen MR) is 120 cm³/mol. The van der Waals surface area contributed by atoms with Gasteiger partial charge in [0.25, 0.3) is 11.8 Å². The third-order valence-corrected chi connectivity index (χ3v) is 5.39. The first kappa shape index (κ1) is 21.1. The average molecular weight is 523 g/mol. The number of nitrogens with one attached hydrogen (secondary N) is 1. The van der Waals surface area contributed by atoms with Gasteiger partial charge in [-0.05, 0) is 71.0 Å². The van der Waals surface area contributed by atoms with Crippen LogP contribution in [0.2, 0.25) is 5.02 Å². The molecule has 29 heavy (non-hydrogen) atoms. The summed E-state index contributed by atoms with van der Waals surface area (Å²) in [5.74, 6) is -0.810. The summed E-state index contributed by atoms with van der Waals surface area (Å²) >= 11 is 8.22. The molecule has 2 aromatic carbocycles. The van der Waals surface area contributed by atoms with Gasteiger partial charge in [0.05, 0.1) is 9.26 Å². The number of carbonyl (C=O) groups is 3. The van der Waals surface area contributed by atoms with E-state index in [-0.39, 0.29) is 11.3 Å². The van der Waals surface area contributed by atoms with E-state index in [9.17, 15) is 14.4 Å². The van der Waals surface area contributed by atoms with Crippen molar-refractivity contribution in [3.8, 4) is 5.75 Å². The SMILES string of the molecule is C=CCOc1ccc(/C=C2/C(=O)NC(=O)N(c3ccc(C)c(Cl)c3)C2=O)cc1I. The Bertz CT molecular complexity index is 1060. The lowest BCUT2D eigenvalue weighted by Crippen LogP contribution is -2.54. The first-order valence-corrected chi connectivity index (χ1v) is 9.98. The monoisotopic (exact) mass is 522 g/mol. The quantitative estimate of drug-likeness (QED) is 0.272. The number of rotatable bonds is 5. The molecule has 3 rings (SSSR count). The fourth-order valence-electron chi connectivity index (χ4n) is 2.65. The van der Waals surface area contributed by atoms with Crippen molar-refractivity contribution in [1.82, 2.24) is 5.32 Å². The molecule has 1 N–H and O–H groups in total. The van der Waals surface area contributed by atoms with E-state index in [0.717, 1.165) is 14.0 Å². The molecule has 148 valence electrons. The van der Waals surface area contributed by atoms with E-state index in [1.165, 1.54) is 12.1 Å². The highest BCUT2D eigenvalue weighted by molar-refractivity contribution is 14.1. The summed E-state index contributed by atoms with van der Waals surface area (Å²) in [5, 5.41) is 2.61. The van der Waals surface area contributed by atoms with Crippen molar-refractivity contribution < 1.29 is 19.1 Å². The maximum absolute atomic E-state index is 12.9. The number of urea groups is 1. The van der Waals surface area contributed by atoms with Gasteiger partial charge < -0.3 is 4.74 Å². The van der Waals surface area contributed by atoms with Crippen LogP contribution in [0.5, 0.6) is 5.75 Å². The molecule has 0 aliphatic carbocycles. The number of hydrogen-bond donors (Lipinski definition) is 1. The molecular weight excluding hydrogens is 507 g/mol. The summed E-state index contributed by atoms with van der Waals surface area (Å²) in [7, 11) is 0. The number of benzene rings is 2. The third kappa shape index (κ3) is 4.51. The number of halogens is 2. The Morgan fingerprint density at radius 3 is 2.62 bits per heavy atom. The molecule has 1 saturated heterocycles. The summed E-state index contributed by atoms with van der Waals surface area (Å²) in [5.41, 5.74) is 1.55. The van der Waals surface area contributed by atoms with Crippen molar-refractivity contribution >= 4 is 63.8 Å². The lowest BCUT2D eigenvalue weighted by atomic mass is 10.1. The van der Waals surface area contributed by atoms with Gasteiger partial charge >= 0.3 is 6.03 Å². The van der Waals surface area contributed by atoms with Crippen molar-refractivity contribution in [3.63, 3.8) is 0 Å². The predicted octanol–water partition coefficient (Wildman–Crippen LogP) is 4.48. The highest BCUT2D eigenvalue weighted by Crippen LogP contribution is 2.28. The Morgan fingerprint density at radius 1 is 1.21 bits per heavy atom. The molecule has 0 bridgehead atoms. The van der Waals surface area contributed by atoms with Gasteiger partial charge in [0.1, 0.15) is 17.9 Å². The highest BCUT2D eigenvalue weighted by Gasteiger charge is 2.37. The minimum atomic E-state index is -0.820. The summed E-state index contributed by atoms with van der Waals surface area (Å²) in [6, 6.07) is 9.22. The van der Waals surface area contributed by atoms with E-state index in [1.807, 2.05) is 6.92 Å². The van der Waals surface area contributed by atoms with Crippen LogP contribution in [0, 0.1) is 10.5 Å². The second-order valence-electron chi connectivity index (χ2n) is 6.18. The van der Waals surface area contributed by atoms with Gasteiger partial charge in [-0.25, -0.2) is 9.69 Å². The van der Waals surface area contributed by atoms with Crippen LogP contribution in [0.1, 0.15) is 11.1 Å². The molecule has 6 nitrogen and oxygen atoms in total. The minimum absolute atomic E-state index is 0.156. The number of carbonyl (C=O) groups excluding carboxylic acids is 3. The number of imide groups is 2. The largest absolute Gasteiger partial charge is 0.488 e. The van der Waals surface area contributed by atoms with E-state index >= 15 is 0 Å².